The lowest BCUT2D eigenvalue weighted by atomic mass is 9.71. The highest BCUT2D eigenvalue weighted by Crippen LogP contribution is 2.40. The first-order valence-electron chi connectivity index (χ1n) is 11.8. The highest BCUT2D eigenvalue weighted by Gasteiger charge is 2.44. The summed E-state index contributed by atoms with van der Waals surface area (Å²) in [6.45, 7) is 3.73. The molecule has 2 N–H and O–H groups in total. The van der Waals surface area contributed by atoms with Crippen molar-refractivity contribution in [2.75, 3.05) is 19.6 Å². The fraction of sp³-hybridized carbons (Fsp3) is 0.708. The number of aryl methyl sites for hydroxylation is 1. The Balaban J connectivity index is 1.25. The molecule has 1 aromatic rings. The van der Waals surface area contributed by atoms with Gasteiger partial charge in [-0.15, -0.1) is 0 Å². The van der Waals surface area contributed by atoms with Gasteiger partial charge in [-0.25, -0.2) is 13.1 Å². The number of benzene rings is 1. The number of carbonyl (C=O) groups excluding carboxylic acids is 1. The Labute approximate surface area is 186 Å². The number of amides is 1. The molecule has 7 heteroatoms. The van der Waals surface area contributed by atoms with E-state index in [1.807, 2.05) is 11.8 Å². The SMILES string of the molecule is Cc1ccc(S(=O)(=O)NCC2CCC(C(=O)N3CCC4(O)CCCCC4C3)CC2)cc1. The average molecular weight is 449 g/mol. The molecule has 1 aromatic carbocycles. The summed E-state index contributed by atoms with van der Waals surface area (Å²) in [5, 5.41) is 10.9. The second kappa shape index (κ2) is 9.20. The second-order valence-electron chi connectivity index (χ2n) is 9.96. The molecule has 0 radical (unpaired) electrons. The number of nitrogens with one attached hydrogen (secondary N) is 1. The first kappa shape index (κ1) is 22.7. The van der Waals surface area contributed by atoms with Gasteiger partial charge in [0.15, 0.2) is 0 Å². The number of likely N-dealkylation sites (tertiary alicyclic amines) is 1. The molecule has 1 saturated heterocycles. The highest BCUT2D eigenvalue weighted by atomic mass is 32.2. The molecule has 3 aliphatic rings. The van der Waals surface area contributed by atoms with Crippen molar-refractivity contribution in [1.82, 2.24) is 9.62 Å². The predicted octanol–water partition coefficient (Wildman–Crippen LogP) is 3.23. The average Bonchev–Trinajstić information content (AvgIpc) is 2.77. The Kier molecular flexibility index (Phi) is 6.75. The Morgan fingerprint density at radius 1 is 1.10 bits per heavy atom. The van der Waals surface area contributed by atoms with Crippen LogP contribution >= 0.6 is 0 Å². The maximum atomic E-state index is 13.1. The fourth-order valence-corrected chi connectivity index (χ4v) is 6.79. The Bertz CT molecular complexity index is 877. The molecule has 2 atom stereocenters. The van der Waals surface area contributed by atoms with Crippen molar-refractivity contribution in [1.29, 1.82) is 0 Å². The monoisotopic (exact) mass is 448 g/mol. The first-order chi connectivity index (χ1) is 14.8. The first-order valence-corrected chi connectivity index (χ1v) is 13.3. The van der Waals surface area contributed by atoms with Gasteiger partial charge in [0.05, 0.1) is 10.5 Å². The fourth-order valence-electron chi connectivity index (χ4n) is 5.67. The minimum Gasteiger partial charge on any atom is -0.389 e. The maximum absolute atomic E-state index is 13.1. The van der Waals surface area contributed by atoms with Crippen molar-refractivity contribution in [3.63, 3.8) is 0 Å². The van der Waals surface area contributed by atoms with E-state index in [9.17, 15) is 18.3 Å². The van der Waals surface area contributed by atoms with E-state index in [1.54, 1.807) is 24.3 Å². The highest BCUT2D eigenvalue weighted by molar-refractivity contribution is 7.89. The van der Waals surface area contributed by atoms with Crippen LogP contribution in [0.2, 0.25) is 0 Å². The third-order valence-corrected chi connectivity index (χ3v) is 9.27. The van der Waals surface area contributed by atoms with Gasteiger partial charge in [0.1, 0.15) is 0 Å². The van der Waals surface area contributed by atoms with Gasteiger partial charge in [0, 0.05) is 31.5 Å². The van der Waals surface area contributed by atoms with Gasteiger partial charge in [-0.1, -0.05) is 30.5 Å². The van der Waals surface area contributed by atoms with E-state index in [2.05, 4.69) is 4.72 Å². The molecule has 1 heterocycles. The van der Waals surface area contributed by atoms with Crippen molar-refractivity contribution in [2.45, 2.75) is 75.2 Å². The number of hydrogen-bond donors (Lipinski definition) is 2. The van der Waals surface area contributed by atoms with Crippen LogP contribution in [0.1, 0.15) is 63.4 Å². The van der Waals surface area contributed by atoms with E-state index in [1.165, 1.54) is 0 Å². The molecule has 6 nitrogen and oxygen atoms in total. The van der Waals surface area contributed by atoms with E-state index < -0.39 is 15.6 Å². The predicted molar refractivity (Wildman–Crippen MR) is 120 cm³/mol. The maximum Gasteiger partial charge on any atom is 0.240 e. The van der Waals surface area contributed by atoms with Crippen LogP contribution in [0, 0.1) is 24.7 Å². The zero-order valence-electron chi connectivity index (χ0n) is 18.6. The summed E-state index contributed by atoms with van der Waals surface area (Å²) in [6, 6.07) is 6.89. The van der Waals surface area contributed by atoms with Crippen molar-refractivity contribution >= 4 is 15.9 Å². The van der Waals surface area contributed by atoms with Crippen LogP contribution in [0.25, 0.3) is 0 Å². The Morgan fingerprint density at radius 2 is 1.81 bits per heavy atom. The minimum atomic E-state index is -3.49. The third kappa shape index (κ3) is 5.15. The molecule has 1 aliphatic heterocycles. The molecule has 31 heavy (non-hydrogen) atoms. The van der Waals surface area contributed by atoms with Crippen LogP contribution in [-0.2, 0) is 14.8 Å². The number of aliphatic hydroxyl groups is 1. The van der Waals surface area contributed by atoms with Gasteiger partial charge in [-0.2, -0.15) is 0 Å². The molecule has 0 spiro atoms. The van der Waals surface area contributed by atoms with Crippen molar-refractivity contribution in [2.24, 2.45) is 17.8 Å². The molecule has 1 amide bonds. The molecule has 172 valence electrons. The Morgan fingerprint density at radius 3 is 2.52 bits per heavy atom. The van der Waals surface area contributed by atoms with Crippen molar-refractivity contribution in [3.05, 3.63) is 29.8 Å². The summed E-state index contributed by atoms with van der Waals surface area (Å²) >= 11 is 0. The number of hydrogen-bond acceptors (Lipinski definition) is 4. The van der Waals surface area contributed by atoms with E-state index in [4.69, 9.17) is 0 Å². The zero-order chi connectivity index (χ0) is 22.1. The molecule has 2 saturated carbocycles. The number of carbonyl (C=O) groups is 1. The summed E-state index contributed by atoms with van der Waals surface area (Å²) < 4.78 is 27.8. The smallest absolute Gasteiger partial charge is 0.240 e. The number of sulfonamides is 1. The molecular formula is C24H36N2O4S. The van der Waals surface area contributed by atoms with E-state index in [0.29, 0.717) is 31.0 Å². The standard InChI is InChI=1S/C24H36N2O4S/c1-18-5-11-22(12-6-18)31(29,30)25-16-19-7-9-20(10-8-19)23(27)26-15-14-24(28)13-3-2-4-21(24)17-26/h5-6,11-12,19-21,25,28H,2-4,7-10,13-17H2,1H3. The van der Waals surface area contributed by atoms with E-state index >= 15 is 0 Å². The van der Waals surface area contributed by atoms with Gasteiger partial charge in [-0.05, 0) is 69.9 Å². The summed E-state index contributed by atoms with van der Waals surface area (Å²) in [5.41, 5.74) is 0.477. The van der Waals surface area contributed by atoms with Gasteiger partial charge >= 0.3 is 0 Å². The number of rotatable bonds is 5. The lowest BCUT2D eigenvalue weighted by Crippen LogP contribution is -2.55. The number of nitrogens with zero attached hydrogens (tertiary/aromatic N) is 1. The second-order valence-corrected chi connectivity index (χ2v) is 11.7. The van der Waals surface area contributed by atoms with Gasteiger partial charge < -0.3 is 10.0 Å². The minimum absolute atomic E-state index is 0.0414. The van der Waals surface area contributed by atoms with Gasteiger partial charge in [0.2, 0.25) is 15.9 Å². The van der Waals surface area contributed by atoms with Crippen molar-refractivity contribution < 1.29 is 18.3 Å². The van der Waals surface area contributed by atoms with E-state index in [-0.39, 0.29) is 23.7 Å². The topological polar surface area (TPSA) is 86.7 Å². The molecule has 2 aliphatic carbocycles. The van der Waals surface area contributed by atoms with Crippen LogP contribution < -0.4 is 4.72 Å². The normalized spacial score (nSPS) is 31.8. The van der Waals surface area contributed by atoms with Crippen LogP contribution in [0.4, 0.5) is 0 Å². The van der Waals surface area contributed by atoms with Gasteiger partial charge in [-0.3, -0.25) is 4.79 Å². The molecule has 0 bridgehead atoms. The zero-order valence-corrected chi connectivity index (χ0v) is 19.4. The molecule has 2 unspecified atom stereocenters. The number of piperidine rings is 1. The number of fused-ring (bicyclic) bond motifs is 1. The summed E-state index contributed by atoms with van der Waals surface area (Å²) in [7, 11) is -3.49. The summed E-state index contributed by atoms with van der Waals surface area (Å²) in [6.07, 6.45) is 8.23. The largest absolute Gasteiger partial charge is 0.389 e. The van der Waals surface area contributed by atoms with E-state index in [0.717, 1.165) is 56.9 Å². The summed E-state index contributed by atoms with van der Waals surface area (Å²) in [4.78, 5) is 15.4. The van der Waals surface area contributed by atoms with Crippen LogP contribution in [0.3, 0.4) is 0 Å². The quantitative estimate of drug-likeness (QED) is 0.724. The van der Waals surface area contributed by atoms with Gasteiger partial charge in [0.25, 0.3) is 0 Å². The third-order valence-electron chi connectivity index (χ3n) is 7.83. The Hall–Kier alpha value is -1.44. The lowest BCUT2D eigenvalue weighted by molar-refractivity contribution is -0.148. The lowest BCUT2D eigenvalue weighted by Gasteiger charge is -2.48. The van der Waals surface area contributed by atoms with Crippen LogP contribution in [0.15, 0.2) is 29.2 Å². The molecule has 4 rings (SSSR count). The summed E-state index contributed by atoms with van der Waals surface area (Å²) in [5.74, 6) is 0.784. The molecule has 3 fully saturated rings. The molecular weight excluding hydrogens is 412 g/mol. The van der Waals surface area contributed by atoms with Crippen LogP contribution in [0.5, 0.6) is 0 Å². The van der Waals surface area contributed by atoms with Crippen molar-refractivity contribution in [3.8, 4) is 0 Å². The molecule has 0 aromatic heterocycles. The van der Waals surface area contributed by atoms with Crippen LogP contribution in [-0.4, -0.2) is 49.6 Å².